The smallest absolute Gasteiger partial charge is 0.833 e. The van der Waals surface area contributed by atoms with Gasteiger partial charge in [-0.2, -0.15) is 0 Å². The van der Waals surface area contributed by atoms with Gasteiger partial charge in [0.05, 0.1) is 0 Å². The van der Waals surface area contributed by atoms with E-state index in [2.05, 4.69) is 68.6 Å². The molecule has 0 saturated carbocycles. The van der Waals surface area contributed by atoms with Crippen molar-refractivity contribution >= 4 is 87.9 Å². The van der Waals surface area contributed by atoms with Crippen molar-refractivity contribution in [3.05, 3.63) is 0 Å². The van der Waals surface area contributed by atoms with E-state index in [4.69, 9.17) is 0 Å². The van der Waals surface area contributed by atoms with Crippen LogP contribution in [0, 0.1) is 73.7 Å². The van der Waals surface area contributed by atoms with Gasteiger partial charge in [-0.15, -0.1) is 0 Å². The van der Waals surface area contributed by atoms with Crippen LogP contribution in [0.5, 0.6) is 0 Å². The van der Waals surface area contributed by atoms with E-state index >= 15 is 0 Å². The average molecular weight is 804 g/mol. The van der Waals surface area contributed by atoms with Crippen LogP contribution in [0.1, 0.15) is 0 Å². The molecule has 6 heterocycles. The number of rotatable bonds is 0. The van der Waals surface area contributed by atoms with Gasteiger partial charge in [0.2, 0.25) is 0 Å². The first kappa shape index (κ1) is 33.6. The van der Waals surface area contributed by atoms with Crippen LogP contribution < -0.4 is 30.1 Å². The van der Waals surface area contributed by atoms with Crippen molar-refractivity contribution in [3.8, 4) is 0 Å². The first-order chi connectivity index (χ1) is 15.7. The van der Waals surface area contributed by atoms with Crippen molar-refractivity contribution in [3.63, 3.8) is 0 Å². The first-order valence-electron chi connectivity index (χ1n) is 8.49. The second-order valence-corrected chi connectivity index (χ2v) is 5.51. The Morgan fingerprint density at radius 2 is 0.343 bits per heavy atom. The molecule has 0 radical (unpaired) electrons. The van der Waals surface area contributed by atoms with E-state index < -0.39 is 87.9 Å². The standard InChI is InChI=1S/3B4O7.2Tm/c3*5-1-7-3-9-2(6)10-4(8-1)11-3;;/q3*-2;2*+3. The van der Waals surface area contributed by atoms with Crippen molar-refractivity contribution in [2.45, 2.75) is 0 Å². The molecule has 6 fully saturated rings. The summed E-state index contributed by atoms with van der Waals surface area (Å²) in [6.07, 6.45) is 0. The zero-order valence-corrected chi connectivity index (χ0v) is 19.6. The molecule has 0 aliphatic carbocycles. The zero-order chi connectivity index (χ0) is 23.5. The van der Waals surface area contributed by atoms with E-state index in [-0.39, 0.29) is 73.7 Å². The van der Waals surface area contributed by atoms with E-state index in [0.717, 1.165) is 0 Å². The molecule has 0 aromatic carbocycles. The summed E-state index contributed by atoms with van der Waals surface area (Å²) in [4.78, 5) is 0. The van der Waals surface area contributed by atoms with Crippen LogP contribution >= 0.6 is 0 Å². The Morgan fingerprint density at radius 1 is 0.229 bits per heavy atom. The maximum absolute atomic E-state index is 10.5. The first-order valence-corrected chi connectivity index (χ1v) is 8.49. The van der Waals surface area contributed by atoms with Crippen LogP contribution in [0.25, 0.3) is 0 Å². The third-order valence-electron chi connectivity index (χ3n) is 3.33. The van der Waals surface area contributed by atoms with Gasteiger partial charge in [0.1, 0.15) is 0 Å². The Labute approximate surface area is 258 Å². The zero-order valence-electron chi connectivity index (χ0n) is 16.1. The minimum atomic E-state index is -1.73. The predicted octanol–water partition coefficient (Wildman–Crippen LogP) is -12.7. The van der Waals surface area contributed by atoms with E-state index in [0.29, 0.717) is 0 Å². The minimum absolute atomic E-state index is 0. The second kappa shape index (κ2) is 16.0. The van der Waals surface area contributed by atoms with Gasteiger partial charge in [0.15, 0.2) is 0 Å². The summed E-state index contributed by atoms with van der Waals surface area (Å²) in [5, 5.41) is 62.9. The Balaban J connectivity index is 0.000000180. The van der Waals surface area contributed by atoms with Gasteiger partial charge in [-0.05, 0) is 0 Å². The molecule has 0 aromatic heterocycles. The molecule has 0 aromatic rings. The van der Waals surface area contributed by atoms with Gasteiger partial charge in [0, 0.05) is 0 Å². The third-order valence-corrected chi connectivity index (χ3v) is 3.33. The molecule has 0 unspecified atom stereocenters. The third kappa shape index (κ3) is 11.1. The molecule has 6 saturated heterocycles. The quantitative estimate of drug-likeness (QED) is 0.206. The molecular formula is B12O21Tm2. The molecule has 35 heteroatoms. The van der Waals surface area contributed by atoms with E-state index in [1.165, 1.54) is 0 Å². The van der Waals surface area contributed by atoms with Gasteiger partial charge in [-0.25, -0.2) is 0 Å². The molecule has 6 aliphatic heterocycles. The molecule has 21 nitrogen and oxygen atoms in total. The Bertz CT molecular complexity index is 439. The van der Waals surface area contributed by atoms with Gasteiger partial charge < -0.3 is 98.7 Å². The summed E-state index contributed by atoms with van der Waals surface area (Å²) < 4.78 is 65.6. The number of hydrogen-bond acceptors (Lipinski definition) is 21. The van der Waals surface area contributed by atoms with Crippen molar-refractivity contribution in [1.82, 2.24) is 0 Å². The molecule has 0 N–H and O–H groups in total. The van der Waals surface area contributed by atoms with Crippen LogP contribution in [0.3, 0.4) is 0 Å². The maximum Gasteiger partial charge on any atom is 3.00 e. The summed E-state index contributed by atoms with van der Waals surface area (Å²) in [6.45, 7) is 0. The normalized spacial score (nSPS) is 23.1. The molecule has 0 atom stereocenters. The largest absolute Gasteiger partial charge is 3.00 e. The molecular weight excluding hydrogens is 804 g/mol. The summed E-state index contributed by atoms with van der Waals surface area (Å²) in [5.41, 5.74) is 0. The topological polar surface area (TPSA) is 277 Å². The maximum atomic E-state index is 10.5. The van der Waals surface area contributed by atoms with Crippen molar-refractivity contribution in [2.24, 2.45) is 0 Å². The van der Waals surface area contributed by atoms with Gasteiger partial charge in [0.25, 0.3) is 0 Å². The van der Waals surface area contributed by atoms with Crippen LogP contribution in [-0.4, -0.2) is 87.9 Å². The molecule has 0 amide bonds. The summed E-state index contributed by atoms with van der Waals surface area (Å²) in [6, 6.07) is 0. The van der Waals surface area contributed by atoms with E-state index in [1.54, 1.807) is 0 Å². The summed E-state index contributed by atoms with van der Waals surface area (Å²) >= 11 is 0. The molecule has 6 bridgehead atoms. The van der Waals surface area contributed by atoms with Crippen molar-refractivity contribution < 1.29 is 172 Å². The molecule has 6 rings (SSSR count). The van der Waals surface area contributed by atoms with Crippen LogP contribution in [0.2, 0.25) is 0 Å². The van der Waals surface area contributed by atoms with Crippen molar-refractivity contribution in [1.29, 1.82) is 0 Å². The number of hydrogen-bond donors (Lipinski definition) is 0. The average Bonchev–Trinajstić information content (AvgIpc) is 2.65. The Morgan fingerprint density at radius 3 is 0.457 bits per heavy atom. The Hall–Kier alpha value is 2.41. The fourth-order valence-electron chi connectivity index (χ4n) is 2.13. The fraction of sp³-hybridized carbons (Fsp3) is 0. The monoisotopic (exact) mass is 806 g/mol. The van der Waals surface area contributed by atoms with Gasteiger partial charge in [-0.1, -0.05) is 0 Å². The van der Waals surface area contributed by atoms with Crippen LogP contribution in [0.15, 0.2) is 0 Å². The van der Waals surface area contributed by atoms with Crippen LogP contribution in [-0.2, 0) is 68.6 Å². The second-order valence-electron chi connectivity index (χ2n) is 5.51. The van der Waals surface area contributed by atoms with Crippen LogP contribution in [0.4, 0.5) is 0 Å². The summed E-state index contributed by atoms with van der Waals surface area (Å²) in [5.74, 6) is 0. The molecule has 0 spiro atoms. The minimum Gasteiger partial charge on any atom is -0.833 e. The number of fused-ring (bicyclic) bond motifs is 6. The molecule has 35 heavy (non-hydrogen) atoms. The molecule has 188 valence electrons. The van der Waals surface area contributed by atoms with Gasteiger partial charge >= 0.3 is 162 Å². The molecule has 6 aliphatic rings. The SMILES string of the molecule is [O-]B1OB2OB([O-])OB(O1)O2.[O-]B1OB2OB([O-])OB(O1)O2.[O-]B1OB2OB([O-])OB(O1)O2.[Tm+3].[Tm+3]. The van der Waals surface area contributed by atoms with Crippen molar-refractivity contribution in [2.75, 3.05) is 0 Å². The van der Waals surface area contributed by atoms with E-state index in [9.17, 15) is 30.1 Å². The Kier molecular flexibility index (Phi) is 15.4. The fourth-order valence-corrected chi connectivity index (χ4v) is 2.13. The van der Waals surface area contributed by atoms with Gasteiger partial charge in [-0.3, -0.25) is 0 Å². The summed E-state index contributed by atoms with van der Waals surface area (Å²) in [7, 11) is -18.0. The van der Waals surface area contributed by atoms with E-state index in [1.807, 2.05) is 0 Å². The predicted molar refractivity (Wildman–Crippen MR) is 85.3 cm³/mol.